The van der Waals surface area contributed by atoms with Crippen LogP contribution < -0.4 is 5.43 Å². The van der Waals surface area contributed by atoms with Gasteiger partial charge in [0.15, 0.2) is 5.76 Å². The fourth-order valence-electron chi connectivity index (χ4n) is 0.813. The third-order valence-electron chi connectivity index (χ3n) is 1.46. The molecule has 0 unspecified atom stereocenters. The summed E-state index contributed by atoms with van der Waals surface area (Å²) in [5.74, 6) is -1.36. The van der Waals surface area contributed by atoms with Crippen molar-refractivity contribution in [3.63, 3.8) is 0 Å². The Morgan fingerprint density at radius 3 is 2.44 bits per heavy atom. The molecule has 1 heterocycles. The normalized spacial score (nSPS) is 18.6. The summed E-state index contributed by atoms with van der Waals surface area (Å²) in [6, 6.07) is 0. The Hall–Kier alpha value is -1.23. The average Bonchev–Trinajstić information content (AvgIpc) is 2.43. The standard InChI is InChI=1S/C5H6F4N2O4S/c1-14-4-3(2-11(9)10-4)15-16(12,13)5(6,7)8/h10H,2H2,1H3. The first-order valence-corrected chi connectivity index (χ1v) is 5.06. The molecule has 0 spiro atoms. The van der Waals surface area contributed by atoms with Crippen molar-refractivity contribution >= 4 is 10.1 Å². The maximum atomic E-state index is 12.5. The molecule has 1 aliphatic rings. The Balaban J connectivity index is 2.90. The van der Waals surface area contributed by atoms with Crippen molar-refractivity contribution in [1.82, 2.24) is 10.7 Å². The van der Waals surface area contributed by atoms with Crippen LogP contribution >= 0.6 is 0 Å². The first-order chi connectivity index (χ1) is 7.17. The minimum Gasteiger partial charge on any atom is -0.479 e. The third kappa shape index (κ3) is 2.47. The Kier molecular flexibility index (Phi) is 3.19. The number of nitrogens with one attached hydrogen (secondary N) is 1. The number of ether oxygens (including phenoxy) is 1. The molecule has 0 aromatic carbocycles. The van der Waals surface area contributed by atoms with Crippen LogP contribution in [0.3, 0.4) is 0 Å². The second-order valence-electron chi connectivity index (χ2n) is 2.57. The van der Waals surface area contributed by atoms with Gasteiger partial charge in [-0.2, -0.15) is 21.6 Å². The van der Waals surface area contributed by atoms with Crippen molar-refractivity contribution in [1.29, 1.82) is 0 Å². The number of methoxy groups -OCH3 is 1. The van der Waals surface area contributed by atoms with Gasteiger partial charge in [-0.1, -0.05) is 0 Å². The summed E-state index contributed by atoms with van der Waals surface area (Å²) < 4.78 is 77.5. The fraction of sp³-hybridized carbons (Fsp3) is 0.600. The molecule has 0 saturated carbocycles. The van der Waals surface area contributed by atoms with Crippen molar-refractivity contribution in [2.45, 2.75) is 5.51 Å². The Labute approximate surface area is 87.4 Å². The van der Waals surface area contributed by atoms with Crippen LogP contribution in [0.15, 0.2) is 11.6 Å². The number of nitrogens with zero attached hydrogens (tertiary/aromatic N) is 1. The van der Waals surface area contributed by atoms with Crippen molar-refractivity contribution < 1.29 is 35.0 Å². The Bertz CT molecular complexity index is 403. The number of hydrogen-bond acceptors (Lipinski definition) is 6. The zero-order valence-corrected chi connectivity index (χ0v) is 8.52. The molecule has 6 nitrogen and oxygen atoms in total. The van der Waals surface area contributed by atoms with Crippen LogP contribution in [0.4, 0.5) is 17.7 Å². The summed E-state index contributed by atoms with van der Waals surface area (Å²) in [6.45, 7) is -0.821. The SMILES string of the molecule is COC1=C(OS(=O)(=O)C(F)(F)F)CN(F)N1. The van der Waals surface area contributed by atoms with E-state index in [1.807, 2.05) is 0 Å². The molecule has 0 fully saturated rings. The summed E-state index contributed by atoms with van der Waals surface area (Å²) >= 11 is 0. The van der Waals surface area contributed by atoms with Crippen LogP contribution in [0.2, 0.25) is 0 Å². The van der Waals surface area contributed by atoms with Crippen molar-refractivity contribution in [3.05, 3.63) is 11.6 Å². The lowest BCUT2D eigenvalue weighted by atomic mass is 10.5. The first kappa shape index (κ1) is 12.8. The van der Waals surface area contributed by atoms with Gasteiger partial charge in [0.1, 0.15) is 6.54 Å². The molecule has 0 aromatic heterocycles. The Morgan fingerprint density at radius 1 is 1.44 bits per heavy atom. The molecule has 0 saturated heterocycles. The van der Waals surface area contributed by atoms with Crippen molar-refractivity contribution in [2.24, 2.45) is 0 Å². The number of hydrazine groups is 1. The summed E-state index contributed by atoms with van der Waals surface area (Å²) in [5.41, 5.74) is -3.79. The zero-order valence-electron chi connectivity index (χ0n) is 7.71. The largest absolute Gasteiger partial charge is 0.534 e. The predicted molar refractivity (Wildman–Crippen MR) is 41.0 cm³/mol. The van der Waals surface area contributed by atoms with E-state index < -0.39 is 33.8 Å². The smallest absolute Gasteiger partial charge is 0.479 e. The fourth-order valence-corrected chi connectivity index (χ4v) is 1.30. The molecule has 11 heteroatoms. The van der Waals surface area contributed by atoms with Gasteiger partial charge in [-0.3, -0.25) is 5.43 Å². The van der Waals surface area contributed by atoms with E-state index in [2.05, 4.69) is 8.92 Å². The quantitative estimate of drug-likeness (QED) is 0.344. The van der Waals surface area contributed by atoms with Crippen molar-refractivity contribution in [2.75, 3.05) is 13.7 Å². The first-order valence-electron chi connectivity index (χ1n) is 3.65. The number of hydrogen-bond donors (Lipinski definition) is 1. The van der Waals surface area contributed by atoms with E-state index in [9.17, 15) is 26.1 Å². The van der Waals surface area contributed by atoms with E-state index in [-0.39, 0.29) is 5.23 Å². The van der Waals surface area contributed by atoms with Crippen LogP contribution in [0.25, 0.3) is 0 Å². The highest BCUT2D eigenvalue weighted by Gasteiger charge is 2.50. The summed E-state index contributed by atoms with van der Waals surface area (Å²) in [7, 11) is -4.81. The molecule has 0 amide bonds. The highest BCUT2D eigenvalue weighted by atomic mass is 32.2. The van der Waals surface area contributed by atoms with Gasteiger partial charge in [0.2, 0.25) is 5.88 Å². The number of halogens is 4. The Morgan fingerprint density at radius 2 is 2.00 bits per heavy atom. The molecule has 0 atom stereocenters. The molecular formula is C5H6F4N2O4S. The summed E-state index contributed by atoms with van der Waals surface area (Å²) in [4.78, 5) is 0. The number of rotatable bonds is 3. The average molecular weight is 266 g/mol. The maximum absolute atomic E-state index is 12.5. The minimum absolute atomic E-state index is 0.194. The topological polar surface area (TPSA) is 67.9 Å². The van der Waals surface area contributed by atoms with Crippen LogP contribution in [0, 0.1) is 0 Å². The minimum atomic E-state index is -5.82. The van der Waals surface area contributed by atoms with Crippen molar-refractivity contribution in [3.8, 4) is 0 Å². The zero-order chi connectivity index (χ0) is 12.6. The predicted octanol–water partition coefficient (Wildman–Crippen LogP) is 0.373. The summed E-state index contributed by atoms with van der Waals surface area (Å²) in [5, 5.41) is -0.194. The van der Waals surface area contributed by atoms with E-state index >= 15 is 0 Å². The monoisotopic (exact) mass is 266 g/mol. The summed E-state index contributed by atoms with van der Waals surface area (Å²) in [6.07, 6.45) is 0. The second-order valence-corrected chi connectivity index (χ2v) is 4.11. The lowest BCUT2D eigenvalue weighted by Gasteiger charge is -2.09. The van der Waals surface area contributed by atoms with Gasteiger partial charge in [-0.15, -0.1) is 4.48 Å². The highest BCUT2D eigenvalue weighted by Crippen LogP contribution is 2.28. The van der Waals surface area contributed by atoms with Crippen LogP contribution in [0.5, 0.6) is 0 Å². The van der Waals surface area contributed by atoms with E-state index in [0.717, 1.165) is 7.11 Å². The molecule has 1 aliphatic heterocycles. The van der Waals surface area contributed by atoms with E-state index in [0.29, 0.717) is 0 Å². The molecule has 16 heavy (non-hydrogen) atoms. The van der Waals surface area contributed by atoms with E-state index in [1.165, 1.54) is 0 Å². The molecule has 0 radical (unpaired) electrons. The highest BCUT2D eigenvalue weighted by molar-refractivity contribution is 7.87. The lowest BCUT2D eigenvalue weighted by Crippen LogP contribution is -2.26. The number of alkyl halides is 3. The van der Waals surface area contributed by atoms with Gasteiger partial charge < -0.3 is 8.92 Å². The molecular weight excluding hydrogens is 260 g/mol. The van der Waals surface area contributed by atoms with Gasteiger partial charge in [0.05, 0.1) is 7.11 Å². The second kappa shape index (κ2) is 3.97. The van der Waals surface area contributed by atoms with Gasteiger partial charge >= 0.3 is 15.6 Å². The van der Waals surface area contributed by atoms with Crippen LogP contribution in [0.1, 0.15) is 0 Å². The van der Waals surface area contributed by atoms with Gasteiger partial charge in [0.25, 0.3) is 0 Å². The molecule has 94 valence electrons. The van der Waals surface area contributed by atoms with Crippen LogP contribution in [-0.2, 0) is 19.0 Å². The molecule has 0 bridgehead atoms. The molecule has 0 aliphatic carbocycles. The maximum Gasteiger partial charge on any atom is 0.534 e. The lowest BCUT2D eigenvalue weighted by molar-refractivity contribution is -0.0531. The van der Waals surface area contributed by atoms with Gasteiger partial charge in [0, 0.05) is 0 Å². The van der Waals surface area contributed by atoms with E-state index in [4.69, 9.17) is 0 Å². The molecule has 1 N–H and O–H groups in total. The van der Waals surface area contributed by atoms with Gasteiger partial charge in [-0.05, 0) is 5.23 Å². The van der Waals surface area contributed by atoms with Crippen LogP contribution in [-0.4, -0.2) is 32.8 Å². The van der Waals surface area contributed by atoms with Gasteiger partial charge in [-0.25, -0.2) is 0 Å². The molecule has 0 aromatic rings. The van der Waals surface area contributed by atoms with E-state index in [1.54, 1.807) is 5.43 Å². The molecule has 1 rings (SSSR count). The third-order valence-corrected chi connectivity index (χ3v) is 2.44.